The van der Waals surface area contributed by atoms with E-state index in [2.05, 4.69) is 29.4 Å². The quantitative estimate of drug-likeness (QED) is 0.350. The van der Waals surface area contributed by atoms with Crippen LogP contribution in [0, 0.1) is 11.3 Å². The minimum absolute atomic E-state index is 0. The third kappa shape index (κ3) is 6.82. The van der Waals surface area contributed by atoms with E-state index in [4.69, 9.17) is 9.73 Å². The molecule has 0 aromatic rings. The molecule has 0 spiro atoms. The number of piperidine rings is 1. The van der Waals surface area contributed by atoms with Crippen molar-refractivity contribution in [2.24, 2.45) is 16.3 Å². The molecule has 0 bridgehead atoms. The number of halogens is 1. The summed E-state index contributed by atoms with van der Waals surface area (Å²) in [5, 5.41) is 7.15. The number of nitrogens with zero attached hydrogens (tertiary/aromatic N) is 2. The van der Waals surface area contributed by atoms with Gasteiger partial charge in [0.15, 0.2) is 5.96 Å². The number of hydrogen-bond donors (Lipinski definition) is 2. The number of nitrogens with one attached hydrogen (secondary N) is 2. The first-order valence-corrected chi connectivity index (χ1v) is 10.5. The number of guanidine groups is 1. The van der Waals surface area contributed by atoms with E-state index in [1.165, 1.54) is 64.6 Å². The number of likely N-dealkylation sites (tertiary alicyclic amines) is 1. The highest BCUT2D eigenvalue weighted by molar-refractivity contribution is 14.0. The lowest BCUT2D eigenvalue weighted by molar-refractivity contribution is 0.150. The second-order valence-corrected chi connectivity index (χ2v) is 8.66. The van der Waals surface area contributed by atoms with Crippen molar-refractivity contribution in [2.45, 2.75) is 64.8 Å². The van der Waals surface area contributed by atoms with E-state index in [1.807, 2.05) is 0 Å². The zero-order chi connectivity index (χ0) is 17.5. The number of ether oxygens (including phenoxy) is 1. The summed E-state index contributed by atoms with van der Waals surface area (Å²) in [6.07, 6.45) is 9.10. The number of aliphatic imine (C=N–C) groups is 1. The van der Waals surface area contributed by atoms with Crippen molar-refractivity contribution in [3.63, 3.8) is 0 Å². The fourth-order valence-corrected chi connectivity index (χ4v) is 4.52. The van der Waals surface area contributed by atoms with E-state index in [0.717, 1.165) is 38.2 Å². The summed E-state index contributed by atoms with van der Waals surface area (Å²) in [6, 6.07) is 0.560. The molecule has 1 saturated carbocycles. The minimum atomic E-state index is 0. The first-order valence-electron chi connectivity index (χ1n) is 10.5. The van der Waals surface area contributed by atoms with Gasteiger partial charge in [-0.05, 0) is 50.4 Å². The van der Waals surface area contributed by atoms with E-state index in [9.17, 15) is 0 Å². The third-order valence-electron chi connectivity index (χ3n) is 6.24. The summed E-state index contributed by atoms with van der Waals surface area (Å²) in [7, 11) is 0. The summed E-state index contributed by atoms with van der Waals surface area (Å²) in [4.78, 5) is 7.55. The fourth-order valence-electron chi connectivity index (χ4n) is 4.52. The van der Waals surface area contributed by atoms with Gasteiger partial charge in [0, 0.05) is 45.4 Å². The Balaban J connectivity index is 0.00000243. The normalized spacial score (nSPS) is 27.3. The van der Waals surface area contributed by atoms with Crippen LogP contribution in [0.25, 0.3) is 0 Å². The highest BCUT2D eigenvalue weighted by atomic mass is 127. The van der Waals surface area contributed by atoms with Crippen molar-refractivity contribution in [3.8, 4) is 0 Å². The van der Waals surface area contributed by atoms with Crippen LogP contribution in [-0.2, 0) is 4.74 Å². The average Bonchev–Trinajstić information content (AvgIpc) is 3.27. The third-order valence-corrected chi connectivity index (χ3v) is 6.24. The molecule has 1 aliphatic carbocycles. The SMILES string of the molecule is CCNC(=NCC1(C)CCCC1)NC1CCN(CC2CCOC2)CC1.I. The maximum absolute atomic E-state index is 5.51. The molecule has 2 heterocycles. The summed E-state index contributed by atoms with van der Waals surface area (Å²) in [5.74, 6) is 1.79. The van der Waals surface area contributed by atoms with E-state index in [-0.39, 0.29) is 24.0 Å². The van der Waals surface area contributed by atoms with E-state index < -0.39 is 0 Å². The van der Waals surface area contributed by atoms with Gasteiger partial charge in [0.05, 0.1) is 6.61 Å². The van der Waals surface area contributed by atoms with Gasteiger partial charge in [0.25, 0.3) is 0 Å². The van der Waals surface area contributed by atoms with Crippen molar-refractivity contribution in [3.05, 3.63) is 0 Å². The summed E-state index contributed by atoms with van der Waals surface area (Å²) in [5.41, 5.74) is 0.426. The topological polar surface area (TPSA) is 48.9 Å². The number of rotatable bonds is 6. The van der Waals surface area contributed by atoms with Crippen LogP contribution in [0.15, 0.2) is 4.99 Å². The molecule has 0 radical (unpaired) electrons. The van der Waals surface area contributed by atoms with Crippen molar-refractivity contribution in [1.29, 1.82) is 0 Å². The van der Waals surface area contributed by atoms with Crippen LogP contribution in [-0.4, -0.2) is 62.8 Å². The highest BCUT2D eigenvalue weighted by Crippen LogP contribution is 2.37. The molecule has 5 nitrogen and oxygen atoms in total. The van der Waals surface area contributed by atoms with Crippen LogP contribution in [0.4, 0.5) is 0 Å². The first-order chi connectivity index (χ1) is 12.2. The largest absolute Gasteiger partial charge is 0.381 e. The van der Waals surface area contributed by atoms with E-state index in [0.29, 0.717) is 11.5 Å². The van der Waals surface area contributed by atoms with Crippen LogP contribution in [0.3, 0.4) is 0 Å². The Morgan fingerprint density at radius 2 is 1.92 bits per heavy atom. The number of hydrogen-bond acceptors (Lipinski definition) is 3. The fraction of sp³-hybridized carbons (Fsp3) is 0.950. The predicted molar refractivity (Wildman–Crippen MR) is 119 cm³/mol. The van der Waals surface area contributed by atoms with Crippen molar-refractivity contribution < 1.29 is 4.74 Å². The molecule has 1 atom stereocenters. The zero-order valence-corrected chi connectivity index (χ0v) is 19.1. The molecule has 0 aromatic heterocycles. The Morgan fingerprint density at radius 1 is 1.19 bits per heavy atom. The molecular formula is C20H39IN4O. The Morgan fingerprint density at radius 3 is 2.54 bits per heavy atom. The minimum Gasteiger partial charge on any atom is -0.381 e. The molecule has 2 saturated heterocycles. The molecule has 2 aliphatic heterocycles. The molecule has 3 aliphatic rings. The monoisotopic (exact) mass is 478 g/mol. The van der Waals surface area contributed by atoms with Gasteiger partial charge < -0.3 is 20.3 Å². The van der Waals surface area contributed by atoms with Gasteiger partial charge in [0.2, 0.25) is 0 Å². The smallest absolute Gasteiger partial charge is 0.191 e. The maximum Gasteiger partial charge on any atom is 0.191 e. The van der Waals surface area contributed by atoms with Crippen LogP contribution in [0.1, 0.15) is 58.8 Å². The molecule has 0 amide bonds. The Labute approximate surface area is 177 Å². The van der Waals surface area contributed by atoms with Crippen LogP contribution in [0.5, 0.6) is 0 Å². The Bertz CT molecular complexity index is 426. The van der Waals surface area contributed by atoms with Gasteiger partial charge in [-0.25, -0.2) is 0 Å². The molecular weight excluding hydrogens is 439 g/mol. The van der Waals surface area contributed by atoms with Gasteiger partial charge in [-0.15, -0.1) is 24.0 Å². The molecule has 152 valence electrons. The molecule has 26 heavy (non-hydrogen) atoms. The lowest BCUT2D eigenvalue weighted by Crippen LogP contribution is -2.49. The second-order valence-electron chi connectivity index (χ2n) is 8.66. The first kappa shape index (κ1) is 22.2. The van der Waals surface area contributed by atoms with E-state index in [1.54, 1.807) is 0 Å². The predicted octanol–water partition coefficient (Wildman–Crippen LogP) is 3.24. The summed E-state index contributed by atoms with van der Waals surface area (Å²) < 4.78 is 5.51. The molecule has 2 N–H and O–H groups in total. The van der Waals surface area contributed by atoms with Crippen molar-refractivity contribution in [1.82, 2.24) is 15.5 Å². The van der Waals surface area contributed by atoms with Crippen molar-refractivity contribution >= 4 is 29.9 Å². The van der Waals surface area contributed by atoms with Crippen LogP contribution >= 0.6 is 24.0 Å². The molecule has 1 unspecified atom stereocenters. The lowest BCUT2D eigenvalue weighted by Gasteiger charge is -2.34. The summed E-state index contributed by atoms with van der Waals surface area (Å²) in [6.45, 7) is 12.0. The van der Waals surface area contributed by atoms with Gasteiger partial charge in [-0.2, -0.15) is 0 Å². The van der Waals surface area contributed by atoms with Crippen LogP contribution in [0.2, 0.25) is 0 Å². The highest BCUT2D eigenvalue weighted by Gasteiger charge is 2.29. The van der Waals surface area contributed by atoms with Crippen molar-refractivity contribution in [2.75, 3.05) is 45.9 Å². The second kappa shape index (κ2) is 11.1. The van der Waals surface area contributed by atoms with Crippen LogP contribution < -0.4 is 10.6 Å². The molecule has 6 heteroatoms. The standard InChI is InChI=1S/C20H38N4O.HI/c1-3-21-19(22-16-20(2)9-4-5-10-20)23-18-6-11-24(12-7-18)14-17-8-13-25-15-17;/h17-18H,3-16H2,1-2H3,(H2,21,22,23);1H. The molecule has 3 rings (SSSR count). The lowest BCUT2D eigenvalue weighted by atomic mass is 9.89. The Hall–Kier alpha value is -0.0800. The van der Waals surface area contributed by atoms with E-state index >= 15 is 0 Å². The maximum atomic E-state index is 5.51. The van der Waals surface area contributed by atoms with Gasteiger partial charge in [0.1, 0.15) is 0 Å². The Kier molecular flexibility index (Phi) is 9.44. The summed E-state index contributed by atoms with van der Waals surface area (Å²) >= 11 is 0. The van der Waals surface area contributed by atoms with Gasteiger partial charge in [-0.1, -0.05) is 19.8 Å². The van der Waals surface area contributed by atoms with Gasteiger partial charge in [-0.3, -0.25) is 4.99 Å². The van der Waals surface area contributed by atoms with Gasteiger partial charge >= 0.3 is 0 Å². The zero-order valence-electron chi connectivity index (χ0n) is 16.8. The molecule has 3 fully saturated rings. The average molecular weight is 478 g/mol. The molecule has 0 aromatic carbocycles.